The Hall–Kier alpha value is -1.07. The summed E-state index contributed by atoms with van der Waals surface area (Å²) in [7, 11) is 0. The highest BCUT2D eigenvalue weighted by molar-refractivity contribution is 7.99. The molecule has 4 N–H and O–H groups in total. The van der Waals surface area contributed by atoms with Crippen LogP contribution in [0, 0.1) is 5.41 Å². The van der Waals surface area contributed by atoms with Crippen molar-refractivity contribution in [2.75, 3.05) is 6.61 Å². The molecular weight excluding hydrogens is 210 g/mol. The van der Waals surface area contributed by atoms with E-state index in [4.69, 9.17) is 16.2 Å². The normalized spacial score (nSPS) is 12.4. The Balaban J connectivity index is 2.69. The Bertz CT molecular complexity index is 343. The molecule has 1 atom stereocenters. The summed E-state index contributed by atoms with van der Waals surface area (Å²) in [6.07, 6.45) is 2.38. The molecule has 0 aliphatic carbocycles. The van der Waals surface area contributed by atoms with Crippen LogP contribution >= 0.6 is 11.8 Å². The molecule has 1 heterocycles. The third kappa shape index (κ3) is 3.89. The van der Waals surface area contributed by atoms with Crippen molar-refractivity contribution in [1.29, 1.82) is 5.41 Å². The Morgan fingerprint density at radius 2 is 2.47 bits per heavy atom. The van der Waals surface area contributed by atoms with E-state index in [9.17, 15) is 0 Å². The van der Waals surface area contributed by atoms with Gasteiger partial charge in [0.25, 0.3) is 0 Å². The van der Waals surface area contributed by atoms with Crippen molar-refractivity contribution in [3.05, 3.63) is 23.9 Å². The summed E-state index contributed by atoms with van der Waals surface area (Å²) in [6, 6.07) is 3.50. The van der Waals surface area contributed by atoms with Crippen LogP contribution in [0.2, 0.25) is 0 Å². The maximum atomic E-state index is 8.77. The molecule has 0 aliphatic heterocycles. The number of nitrogen functional groups attached to an aromatic ring is 1. The number of hydrogen-bond acceptors (Lipinski definition) is 4. The van der Waals surface area contributed by atoms with Crippen molar-refractivity contribution in [2.24, 2.45) is 5.73 Å². The van der Waals surface area contributed by atoms with Crippen molar-refractivity contribution in [3.8, 4) is 0 Å². The zero-order chi connectivity index (χ0) is 11.3. The van der Waals surface area contributed by atoms with Crippen LogP contribution in [0.1, 0.15) is 18.9 Å². The minimum atomic E-state index is 0.0501. The van der Waals surface area contributed by atoms with Crippen molar-refractivity contribution >= 4 is 17.6 Å². The minimum absolute atomic E-state index is 0.0501. The number of rotatable bonds is 5. The fraction of sp³-hybridized carbons (Fsp3) is 0.400. The number of amidine groups is 1. The van der Waals surface area contributed by atoms with Gasteiger partial charge in [0.1, 0.15) is 5.84 Å². The number of nitrogens with two attached hydrogens (primary N) is 1. The number of aliphatic hydroxyl groups is 1. The van der Waals surface area contributed by atoms with Gasteiger partial charge in [-0.05, 0) is 18.6 Å². The zero-order valence-electron chi connectivity index (χ0n) is 8.60. The van der Waals surface area contributed by atoms with Crippen LogP contribution in [-0.4, -0.2) is 27.8 Å². The van der Waals surface area contributed by atoms with Gasteiger partial charge >= 0.3 is 0 Å². The summed E-state index contributed by atoms with van der Waals surface area (Å²) in [5, 5.41) is 17.2. The predicted molar refractivity (Wildman–Crippen MR) is 62.3 cm³/mol. The van der Waals surface area contributed by atoms with Crippen molar-refractivity contribution in [1.82, 2.24) is 4.98 Å². The Kier molecular flexibility index (Phi) is 4.58. The lowest BCUT2D eigenvalue weighted by atomic mass is 10.2. The van der Waals surface area contributed by atoms with E-state index in [0.29, 0.717) is 10.8 Å². The molecule has 0 saturated carbocycles. The maximum Gasteiger partial charge on any atom is 0.122 e. The SMILES string of the molecule is CC(CCO)Sc1cc(C(=N)N)ccn1. The van der Waals surface area contributed by atoms with Crippen molar-refractivity contribution in [2.45, 2.75) is 23.6 Å². The first-order chi connectivity index (χ1) is 7.13. The van der Waals surface area contributed by atoms with Crippen LogP contribution in [0.25, 0.3) is 0 Å². The molecule has 0 aliphatic rings. The standard InChI is InChI=1S/C10H15N3OS/c1-7(3-5-14)15-9-6-8(10(11)12)2-4-13-9/h2,4,6-7,14H,3,5H2,1H3,(H3,11,12). The van der Waals surface area contributed by atoms with Crippen LogP contribution in [0.4, 0.5) is 0 Å². The number of thioether (sulfide) groups is 1. The summed E-state index contributed by atoms with van der Waals surface area (Å²) in [5.41, 5.74) is 6.06. The lowest BCUT2D eigenvalue weighted by Crippen LogP contribution is -2.11. The van der Waals surface area contributed by atoms with Gasteiger partial charge in [-0.1, -0.05) is 6.92 Å². The summed E-state index contributed by atoms with van der Waals surface area (Å²) in [4.78, 5) is 4.17. The highest BCUT2D eigenvalue weighted by atomic mass is 32.2. The highest BCUT2D eigenvalue weighted by Gasteiger charge is 2.06. The van der Waals surface area contributed by atoms with Crippen LogP contribution in [0.3, 0.4) is 0 Å². The molecule has 0 amide bonds. The van der Waals surface area contributed by atoms with Gasteiger partial charge in [-0.3, -0.25) is 5.41 Å². The van der Waals surface area contributed by atoms with E-state index in [1.165, 1.54) is 0 Å². The van der Waals surface area contributed by atoms with Crippen LogP contribution < -0.4 is 5.73 Å². The van der Waals surface area contributed by atoms with E-state index in [-0.39, 0.29) is 12.4 Å². The predicted octanol–water partition coefficient (Wildman–Crippen LogP) is 1.23. The van der Waals surface area contributed by atoms with Gasteiger partial charge in [0.05, 0.1) is 5.03 Å². The van der Waals surface area contributed by atoms with Gasteiger partial charge in [-0.25, -0.2) is 4.98 Å². The molecule has 1 aromatic rings. The van der Waals surface area contributed by atoms with Gasteiger partial charge in [0.2, 0.25) is 0 Å². The van der Waals surface area contributed by atoms with E-state index < -0.39 is 0 Å². The number of nitrogens with zero attached hydrogens (tertiary/aromatic N) is 1. The molecule has 0 aromatic carbocycles. The molecule has 1 aromatic heterocycles. The molecule has 0 bridgehead atoms. The lowest BCUT2D eigenvalue weighted by Gasteiger charge is -2.08. The molecule has 1 unspecified atom stereocenters. The number of aromatic nitrogens is 1. The molecule has 82 valence electrons. The Morgan fingerprint density at radius 3 is 3.07 bits per heavy atom. The summed E-state index contributed by atoms with van der Waals surface area (Å²) in [6.45, 7) is 2.21. The Labute approximate surface area is 93.4 Å². The van der Waals surface area contributed by atoms with Crippen LogP contribution in [0.15, 0.2) is 23.4 Å². The number of hydrogen-bond donors (Lipinski definition) is 3. The number of nitrogens with one attached hydrogen (secondary N) is 1. The van der Waals surface area contributed by atoms with E-state index in [2.05, 4.69) is 4.98 Å². The first kappa shape index (κ1) is 12.0. The van der Waals surface area contributed by atoms with Gasteiger partial charge in [0.15, 0.2) is 0 Å². The van der Waals surface area contributed by atoms with E-state index in [1.807, 2.05) is 6.92 Å². The van der Waals surface area contributed by atoms with Crippen LogP contribution in [0.5, 0.6) is 0 Å². The van der Waals surface area contributed by atoms with E-state index in [0.717, 1.165) is 11.4 Å². The second-order valence-electron chi connectivity index (χ2n) is 3.24. The third-order valence-corrected chi connectivity index (χ3v) is 3.01. The average Bonchev–Trinajstić information content (AvgIpc) is 2.18. The van der Waals surface area contributed by atoms with Gasteiger partial charge in [-0.15, -0.1) is 11.8 Å². The average molecular weight is 225 g/mol. The molecule has 0 saturated heterocycles. The molecule has 1 rings (SSSR count). The third-order valence-electron chi connectivity index (χ3n) is 1.90. The van der Waals surface area contributed by atoms with Crippen molar-refractivity contribution < 1.29 is 5.11 Å². The molecule has 0 fully saturated rings. The van der Waals surface area contributed by atoms with Crippen LogP contribution in [-0.2, 0) is 0 Å². The number of pyridine rings is 1. The smallest absolute Gasteiger partial charge is 0.122 e. The fourth-order valence-corrected chi connectivity index (χ4v) is 2.04. The van der Waals surface area contributed by atoms with Crippen molar-refractivity contribution in [3.63, 3.8) is 0 Å². The highest BCUT2D eigenvalue weighted by Crippen LogP contribution is 2.23. The minimum Gasteiger partial charge on any atom is -0.396 e. The molecular formula is C10H15N3OS. The second kappa shape index (κ2) is 5.72. The quantitative estimate of drug-likeness (QED) is 0.400. The van der Waals surface area contributed by atoms with Gasteiger partial charge < -0.3 is 10.8 Å². The topological polar surface area (TPSA) is 83.0 Å². The number of aliphatic hydroxyl groups excluding tert-OH is 1. The Morgan fingerprint density at radius 1 is 1.73 bits per heavy atom. The summed E-state index contributed by atoms with van der Waals surface area (Å²) >= 11 is 1.58. The first-order valence-electron chi connectivity index (χ1n) is 4.71. The molecule has 15 heavy (non-hydrogen) atoms. The first-order valence-corrected chi connectivity index (χ1v) is 5.59. The lowest BCUT2D eigenvalue weighted by molar-refractivity contribution is 0.289. The summed E-state index contributed by atoms with van der Waals surface area (Å²) in [5.74, 6) is 0.0501. The molecule has 0 radical (unpaired) electrons. The molecule has 4 nitrogen and oxygen atoms in total. The molecule has 5 heteroatoms. The summed E-state index contributed by atoms with van der Waals surface area (Å²) < 4.78 is 0. The van der Waals surface area contributed by atoms with Gasteiger partial charge in [0, 0.05) is 23.6 Å². The monoisotopic (exact) mass is 225 g/mol. The van der Waals surface area contributed by atoms with E-state index >= 15 is 0 Å². The zero-order valence-corrected chi connectivity index (χ0v) is 9.42. The largest absolute Gasteiger partial charge is 0.396 e. The fourth-order valence-electron chi connectivity index (χ4n) is 1.09. The van der Waals surface area contributed by atoms with Gasteiger partial charge in [-0.2, -0.15) is 0 Å². The molecule has 0 spiro atoms. The van der Waals surface area contributed by atoms with E-state index in [1.54, 1.807) is 30.1 Å². The maximum absolute atomic E-state index is 8.77. The second-order valence-corrected chi connectivity index (χ2v) is 4.70.